The summed E-state index contributed by atoms with van der Waals surface area (Å²) in [5.74, 6) is 0.319. The van der Waals surface area contributed by atoms with Crippen molar-refractivity contribution < 1.29 is 4.79 Å². The number of anilines is 1. The molecule has 3 rings (SSSR count). The van der Waals surface area contributed by atoms with Crippen molar-refractivity contribution in [3.8, 4) is 0 Å². The highest BCUT2D eigenvalue weighted by atomic mass is 35.5. The van der Waals surface area contributed by atoms with Crippen molar-refractivity contribution in [1.29, 1.82) is 0 Å². The van der Waals surface area contributed by atoms with Crippen LogP contribution in [0.4, 0.5) is 5.95 Å². The minimum Gasteiger partial charge on any atom is -0.354 e. The lowest BCUT2D eigenvalue weighted by Gasteiger charge is -2.17. The summed E-state index contributed by atoms with van der Waals surface area (Å²) in [4.78, 5) is 26.8. The second kappa shape index (κ2) is 9.80. The van der Waals surface area contributed by atoms with E-state index >= 15 is 0 Å². The first-order valence-electron chi connectivity index (χ1n) is 9.07. The van der Waals surface area contributed by atoms with Crippen LogP contribution in [0, 0.1) is 0 Å². The molecule has 0 unspecified atom stereocenters. The number of hydrogen-bond donors (Lipinski definition) is 1. The van der Waals surface area contributed by atoms with Gasteiger partial charge in [-0.05, 0) is 54.3 Å². The minimum absolute atomic E-state index is 0.128. The summed E-state index contributed by atoms with van der Waals surface area (Å²) in [6.07, 6.45) is 6.68. The molecule has 28 heavy (non-hydrogen) atoms. The lowest BCUT2D eigenvalue weighted by Crippen LogP contribution is -2.29. The van der Waals surface area contributed by atoms with Crippen LogP contribution in [-0.2, 0) is 12.8 Å². The number of benzene rings is 1. The first kappa shape index (κ1) is 19.8. The van der Waals surface area contributed by atoms with E-state index in [1.807, 2.05) is 36.4 Å². The van der Waals surface area contributed by atoms with Crippen molar-refractivity contribution in [3.63, 3.8) is 0 Å². The normalized spacial score (nSPS) is 10.5. The fraction of sp³-hybridized carbons (Fsp3) is 0.238. The van der Waals surface area contributed by atoms with Gasteiger partial charge >= 0.3 is 0 Å². The Kier molecular flexibility index (Phi) is 6.92. The summed E-state index contributed by atoms with van der Waals surface area (Å²) >= 11 is 5.90. The standard InChI is InChI=1S/C21H22ClN5O/c1-27(15-10-17-6-11-23-12-7-17)20(28)19-9-14-25-21(26-19)24-13-8-16-2-4-18(22)5-3-16/h2-7,9,11-12,14H,8,10,13,15H2,1H3,(H,24,25,26). The van der Waals surface area contributed by atoms with Crippen LogP contribution in [0.5, 0.6) is 0 Å². The number of hydrogen-bond acceptors (Lipinski definition) is 5. The third-order valence-corrected chi connectivity index (χ3v) is 4.57. The van der Waals surface area contributed by atoms with Crippen LogP contribution in [0.25, 0.3) is 0 Å². The third kappa shape index (κ3) is 5.76. The summed E-state index contributed by atoms with van der Waals surface area (Å²) in [7, 11) is 1.78. The molecule has 2 aromatic heterocycles. The molecular weight excluding hydrogens is 374 g/mol. The maximum absolute atomic E-state index is 12.6. The average Bonchev–Trinajstić information content (AvgIpc) is 2.74. The lowest BCUT2D eigenvalue weighted by molar-refractivity contribution is 0.0791. The van der Waals surface area contributed by atoms with Crippen LogP contribution in [0.2, 0.25) is 5.02 Å². The van der Waals surface area contributed by atoms with Crippen LogP contribution in [0.15, 0.2) is 61.1 Å². The highest BCUT2D eigenvalue weighted by Crippen LogP contribution is 2.10. The number of likely N-dealkylation sites (N-methyl/N-ethyl adjacent to an activating group) is 1. The highest BCUT2D eigenvalue weighted by Gasteiger charge is 2.14. The lowest BCUT2D eigenvalue weighted by atomic mass is 10.1. The molecule has 7 heteroatoms. The SMILES string of the molecule is CN(CCc1ccncc1)C(=O)c1ccnc(NCCc2ccc(Cl)cc2)n1. The number of rotatable bonds is 8. The van der Waals surface area contributed by atoms with Gasteiger partial charge in [-0.15, -0.1) is 0 Å². The molecule has 0 bridgehead atoms. The van der Waals surface area contributed by atoms with Crippen LogP contribution in [-0.4, -0.2) is 45.9 Å². The average molecular weight is 396 g/mol. The number of carbonyl (C=O) groups is 1. The molecule has 1 N–H and O–H groups in total. The van der Waals surface area contributed by atoms with Crippen molar-refractivity contribution in [2.75, 3.05) is 25.5 Å². The van der Waals surface area contributed by atoms with Crippen LogP contribution in [0.3, 0.4) is 0 Å². The van der Waals surface area contributed by atoms with E-state index in [4.69, 9.17) is 11.6 Å². The Morgan fingerprint density at radius 2 is 1.71 bits per heavy atom. The number of amides is 1. The van der Waals surface area contributed by atoms with E-state index < -0.39 is 0 Å². The van der Waals surface area contributed by atoms with Gasteiger partial charge in [-0.1, -0.05) is 23.7 Å². The number of nitrogens with one attached hydrogen (secondary N) is 1. The summed E-state index contributed by atoms with van der Waals surface area (Å²) < 4.78 is 0. The van der Waals surface area contributed by atoms with E-state index in [-0.39, 0.29) is 5.91 Å². The Morgan fingerprint density at radius 3 is 2.46 bits per heavy atom. The van der Waals surface area contributed by atoms with Gasteiger partial charge in [-0.2, -0.15) is 0 Å². The van der Waals surface area contributed by atoms with E-state index in [1.54, 1.807) is 36.6 Å². The van der Waals surface area contributed by atoms with Crippen LogP contribution >= 0.6 is 11.6 Å². The molecule has 0 fully saturated rings. The molecule has 1 aromatic carbocycles. The number of nitrogens with zero attached hydrogens (tertiary/aromatic N) is 4. The second-order valence-corrected chi connectivity index (χ2v) is 6.84. The molecule has 3 aromatic rings. The summed E-state index contributed by atoms with van der Waals surface area (Å²) in [5, 5.41) is 3.89. The largest absolute Gasteiger partial charge is 0.354 e. The first-order chi connectivity index (χ1) is 13.6. The fourth-order valence-electron chi connectivity index (χ4n) is 2.68. The maximum atomic E-state index is 12.6. The zero-order valence-electron chi connectivity index (χ0n) is 15.7. The molecular formula is C21H22ClN5O. The number of carbonyl (C=O) groups excluding carboxylic acids is 1. The van der Waals surface area contributed by atoms with Gasteiger partial charge in [0.25, 0.3) is 5.91 Å². The van der Waals surface area contributed by atoms with Gasteiger partial charge in [0.05, 0.1) is 0 Å². The van der Waals surface area contributed by atoms with E-state index in [0.29, 0.717) is 24.7 Å². The van der Waals surface area contributed by atoms with Crippen molar-refractivity contribution in [3.05, 3.63) is 82.9 Å². The smallest absolute Gasteiger partial charge is 0.272 e. The quantitative estimate of drug-likeness (QED) is 0.632. The molecule has 0 atom stereocenters. The topological polar surface area (TPSA) is 71.0 Å². The molecule has 0 saturated carbocycles. The molecule has 0 aliphatic rings. The predicted molar refractivity (Wildman–Crippen MR) is 111 cm³/mol. The molecule has 1 amide bonds. The molecule has 2 heterocycles. The zero-order valence-corrected chi connectivity index (χ0v) is 16.4. The summed E-state index contributed by atoms with van der Waals surface area (Å²) in [5.41, 5.74) is 2.68. The maximum Gasteiger partial charge on any atom is 0.272 e. The molecule has 0 spiro atoms. The van der Waals surface area contributed by atoms with E-state index in [0.717, 1.165) is 23.4 Å². The fourth-order valence-corrected chi connectivity index (χ4v) is 2.80. The van der Waals surface area contributed by atoms with Gasteiger partial charge in [0.2, 0.25) is 5.95 Å². The minimum atomic E-state index is -0.128. The Morgan fingerprint density at radius 1 is 1.00 bits per heavy atom. The van der Waals surface area contributed by atoms with Gasteiger partial charge in [-0.3, -0.25) is 9.78 Å². The molecule has 144 valence electrons. The van der Waals surface area contributed by atoms with Gasteiger partial charge in [-0.25, -0.2) is 9.97 Å². The molecule has 0 saturated heterocycles. The Balaban J connectivity index is 1.52. The van der Waals surface area contributed by atoms with E-state index in [1.165, 1.54) is 5.56 Å². The van der Waals surface area contributed by atoms with Gasteiger partial charge in [0.1, 0.15) is 5.69 Å². The van der Waals surface area contributed by atoms with Crippen molar-refractivity contribution in [2.45, 2.75) is 12.8 Å². The Labute approximate surface area is 169 Å². The monoisotopic (exact) mass is 395 g/mol. The number of halogens is 1. The number of aromatic nitrogens is 3. The summed E-state index contributed by atoms with van der Waals surface area (Å²) in [6.45, 7) is 1.27. The van der Waals surface area contributed by atoms with Gasteiger partial charge in [0.15, 0.2) is 0 Å². The van der Waals surface area contributed by atoms with Crippen molar-refractivity contribution in [2.24, 2.45) is 0 Å². The first-order valence-corrected chi connectivity index (χ1v) is 9.45. The van der Waals surface area contributed by atoms with Crippen LogP contribution < -0.4 is 5.32 Å². The van der Waals surface area contributed by atoms with Gasteiger partial charge in [0, 0.05) is 43.8 Å². The van der Waals surface area contributed by atoms with E-state index in [9.17, 15) is 4.79 Å². The van der Waals surface area contributed by atoms with Gasteiger partial charge < -0.3 is 10.2 Å². The summed E-state index contributed by atoms with van der Waals surface area (Å²) in [6, 6.07) is 13.3. The molecule has 0 aliphatic heterocycles. The number of pyridine rings is 1. The van der Waals surface area contributed by atoms with Crippen molar-refractivity contribution >= 4 is 23.5 Å². The highest BCUT2D eigenvalue weighted by molar-refractivity contribution is 6.30. The zero-order chi connectivity index (χ0) is 19.8. The third-order valence-electron chi connectivity index (χ3n) is 4.32. The van der Waals surface area contributed by atoms with Crippen molar-refractivity contribution in [1.82, 2.24) is 19.9 Å². The molecule has 0 aliphatic carbocycles. The molecule has 6 nitrogen and oxygen atoms in total. The van der Waals surface area contributed by atoms with Crippen LogP contribution in [0.1, 0.15) is 21.6 Å². The Hall–Kier alpha value is -2.99. The second-order valence-electron chi connectivity index (χ2n) is 6.40. The predicted octanol–water partition coefficient (Wildman–Crippen LogP) is 3.49. The Bertz CT molecular complexity index is 902. The molecule has 0 radical (unpaired) electrons. The van der Waals surface area contributed by atoms with E-state index in [2.05, 4.69) is 20.3 Å².